The summed E-state index contributed by atoms with van der Waals surface area (Å²) in [4.78, 5) is 8.24. The van der Waals surface area contributed by atoms with Gasteiger partial charge in [0, 0.05) is 0 Å². The van der Waals surface area contributed by atoms with Crippen molar-refractivity contribution in [2.75, 3.05) is 19.5 Å². The van der Waals surface area contributed by atoms with Crippen LogP contribution in [0.25, 0.3) is 0 Å². The summed E-state index contributed by atoms with van der Waals surface area (Å²) >= 11 is 1.43. The second kappa shape index (κ2) is 6.14. The van der Waals surface area contributed by atoms with Gasteiger partial charge in [0.05, 0.1) is 12.8 Å². The zero-order chi connectivity index (χ0) is 11.1. The molecule has 0 spiro atoms. The van der Waals surface area contributed by atoms with Crippen molar-refractivity contribution in [1.82, 2.24) is 9.97 Å². The summed E-state index contributed by atoms with van der Waals surface area (Å²) in [5, 5.41) is 0.630. The predicted octanol–water partition coefficient (Wildman–Crippen LogP) is 1.61. The lowest BCUT2D eigenvalue weighted by atomic mass is 10.5. The molecule has 0 radical (unpaired) electrons. The minimum Gasteiger partial charge on any atom is -0.487 e. The number of rotatable bonds is 5. The fraction of sp³-hybridized carbons (Fsp3) is 0.400. The van der Waals surface area contributed by atoms with E-state index in [2.05, 4.69) is 15.9 Å². The first-order chi connectivity index (χ1) is 7.31. The lowest BCUT2D eigenvalue weighted by Gasteiger charge is -2.08. The highest BCUT2D eigenvalue weighted by Gasteiger charge is 2.08. The van der Waals surface area contributed by atoms with E-state index in [1.807, 2.05) is 13.2 Å². The Morgan fingerprint density at radius 3 is 2.93 bits per heavy atom. The monoisotopic (exact) mass is 224 g/mol. The second-order valence-corrected chi connectivity index (χ2v) is 3.23. The lowest BCUT2D eigenvalue weighted by molar-refractivity contribution is 0.286. The molecule has 0 bridgehead atoms. The summed E-state index contributed by atoms with van der Waals surface area (Å²) in [6.07, 6.45) is 8.59. The zero-order valence-electron chi connectivity index (χ0n) is 8.69. The molecule has 1 heterocycles. The van der Waals surface area contributed by atoms with E-state index < -0.39 is 0 Å². The van der Waals surface area contributed by atoms with E-state index in [1.165, 1.54) is 11.8 Å². The number of thioether (sulfide) groups is 1. The van der Waals surface area contributed by atoms with Crippen LogP contribution < -0.4 is 9.47 Å². The van der Waals surface area contributed by atoms with Crippen molar-refractivity contribution < 1.29 is 9.47 Å². The minimum atomic E-state index is 0.172. The number of ether oxygens (including phenoxy) is 2. The Kier molecular flexibility index (Phi) is 4.78. The number of hydrogen-bond donors (Lipinski definition) is 0. The van der Waals surface area contributed by atoms with E-state index in [0.29, 0.717) is 23.4 Å². The van der Waals surface area contributed by atoms with Gasteiger partial charge in [-0.1, -0.05) is 17.7 Å². The number of hydrogen-bond acceptors (Lipinski definition) is 5. The van der Waals surface area contributed by atoms with Crippen molar-refractivity contribution in [3.63, 3.8) is 0 Å². The molecular weight excluding hydrogens is 212 g/mol. The number of terminal acetylenes is 1. The lowest BCUT2D eigenvalue weighted by Crippen LogP contribution is -2.02. The Labute approximate surface area is 93.4 Å². The van der Waals surface area contributed by atoms with Gasteiger partial charge in [-0.3, -0.25) is 0 Å². The van der Waals surface area contributed by atoms with Gasteiger partial charge in [-0.15, -0.1) is 6.42 Å². The summed E-state index contributed by atoms with van der Waals surface area (Å²) in [7, 11) is 0. The van der Waals surface area contributed by atoms with Crippen LogP contribution in [0.4, 0.5) is 0 Å². The summed E-state index contributed by atoms with van der Waals surface area (Å²) in [6, 6.07) is 0. The van der Waals surface area contributed by atoms with Crippen molar-refractivity contribution >= 4 is 11.8 Å². The average Bonchev–Trinajstić information content (AvgIpc) is 2.28. The molecule has 0 aliphatic carbocycles. The molecule has 0 saturated heterocycles. The molecule has 0 saturated carbocycles. The normalized spacial score (nSPS) is 9.40. The molecule has 1 aromatic heterocycles. The molecule has 0 amide bonds. The molecule has 15 heavy (non-hydrogen) atoms. The van der Waals surface area contributed by atoms with Crippen molar-refractivity contribution in [2.45, 2.75) is 12.1 Å². The average molecular weight is 224 g/mol. The van der Waals surface area contributed by atoms with Gasteiger partial charge in [0.15, 0.2) is 17.5 Å². The first-order valence-electron chi connectivity index (χ1n) is 4.42. The topological polar surface area (TPSA) is 44.2 Å². The second-order valence-electron chi connectivity index (χ2n) is 2.45. The third-order valence-corrected chi connectivity index (χ3v) is 2.04. The third-order valence-electron chi connectivity index (χ3n) is 1.47. The Balaban J connectivity index is 2.89. The summed E-state index contributed by atoms with van der Waals surface area (Å²) in [6.45, 7) is 2.59. The Hall–Kier alpha value is -1.41. The Morgan fingerprint density at radius 2 is 2.33 bits per heavy atom. The molecule has 80 valence electrons. The molecule has 0 atom stereocenters. The zero-order valence-corrected chi connectivity index (χ0v) is 9.50. The highest BCUT2D eigenvalue weighted by molar-refractivity contribution is 7.98. The largest absolute Gasteiger partial charge is 0.487 e. The van der Waals surface area contributed by atoms with Crippen LogP contribution in [0.1, 0.15) is 6.92 Å². The van der Waals surface area contributed by atoms with Gasteiger partial charge in [0.1, 0.15) is 0 Å². The van der Waals surface area contributed by atoms with Gasteiger partial charge < -0.3 is 9.47 Å². The highest BCUT2D eigenvalue weighted by Crippen LogP contribution is 2.25. The van der Waals surface area contributed by atoms with Crippen molar-refractivity contribution in [2.24, 2.45) is 0 Å². The Morgan fingerprint density at radius 1 is 1.53 bits per heavy atom. The van der Waals surface area contributed by atoms with Crippen LogP contribution in [0.2, 0.25) is 0 Å². The molecule has 5 heteroatoms. The maximum atomic E-state index is 5.31. The van der Waals surface area contributed by atoms with Gasteiger partial charge >= 0.3 is 0 Å². The highest BCUT2D eigenvalue weighted by atomic mass is 32.2. The van der Waals surface area contributed by atoms with Gasteiger partial charge in [-0.25, -0.2) is 4.98 Å². The van der Waals surface area contributed by atoms with Gasteiger partial charge in [0.2, 0.25) is 0 Å². The van der Waals surface area contributed by atoms with E-state index in [1.54, 1.807) is 6.20 Å². The first kappa shape index (κ1) is 11.7. The van der Waals surface area contributed by atoms with Crippen LogP contribution in [0.5, 0.6) is 11.6 Å². The standard InChI is InChI=1S/C10H12N2O2S/c1-4-6-14-9-8(13-5-2)7-11-10(12-9)15-3/h1,7H,5-6H2,2-3H3. The predicted molar refractivity (Wildman–Crippen MR) is 59.3 cm³/mol. The van der Waals surface area contributed by atoms with Crippen LogP contribution in [0.3, 0.4) is 0 Å². The van der Waals surface area contributed by atoms with E-state index in [4.69, 9.17) is 15.9 Å². The van der Waals surface area contributed by atoms with E-state index in [0.717, 1.165) is 0 Å². The molecule has 4 nitrogen and oxygen atoms in total. The fourth-order valence-corrected chi connectivity index (χ4v) is 1.24. The molecular formula is C10H12N2O2S. The van der Waals surface area contributed by atoms with E-state index >= 15 is 0 Å². The van der Waals surface area contributed by atoms with Gasteiger partial charge in [-0.05, 0) is 13.2 Å². The molecule has 0 N–H and O–H groups in total. The summed E-state index contributed by atoms with van der Waals surface area (Å²) in [5.74, 6) is 3.29. The fourth-order valence-electron chi connectivity index (χ4n) is 0.906. The first-order valence-corrected chi connectivity index (χ1v) is 5.64. The molecule has 1 rings (SSSR count). The maximum absolute atomic E-state index is 5.31. The minimum absolute atomic E-state index is 0.172. The van der Waals surface area contributed by atoms with Crippen molar-refractivity contribution in [3.05, 3.63) is 6.20 Å². The van der Waals surface area contributed by atoms with Crippen LogP contribution >= 0.6 is 11.8 Å². The maximum Gasteiger partial charge on any atom is 0.262 e. The summed E-state index contributed by atoms with van der Waals surface area (Å²) < 4.78 is 10.6. The summed E-state index contributed by atoms with van der Waals surface area (Å²) in [5.41, 5.74) is 0. The molecule has 0 aliphatic heterocycles. The van der Waals surface area contributed by atoms with Crippen LogP contribution in [-0.2, 0) is 0 Å². The number of nitrogens with zero attached hydrogens (tertiary/aromatic N) is 2. The molecule has 1 aromatic rings. The molecule has 0 fully saturated rings. The third kappa shape index (κ3) is 3.33. The van der Waals surface area contributed by atoms with E-state index in [9.17, 15) is 0 Å². The molecule has 0 aromatic carbocycles. The Bertz CT molecular complexity index is 363. The SMILES string of the molecule is C#CCOc1nc(SC)ncc1OCC. The number of aromatic nitrogens is 2. The van der Waals surface area contributed by atoms with Crippen molar-refractivity contribution in [1.29, 1.82) is 0 Å². The van der Waals surface area contributed by atoms with Crippen LogP contribution in [0, 0.1) is 12.3 Å². The van der Waals surface area contributed by atoms with Gasteiger partial charge in [0.25, 0.3) is 5.88 Å². The quantitative estimate of drug-likeness (QED) is 0.432. The molecule has 0 aliphatic rings. The van der Waals surface area contributed by atoms with Crippen LogP contribution in [-0.4, -0.2) is 29.4 Å². The molecule has 0 unspecified atom stereocenters. The van der Waals surface area contributed by atoms with Gasteiger partial charge in [-0.2, -0.15) is 4.98 Å². The van der Waals surface area contributed by atoms with Crippen molar-refractivity contribution in [3.8, 4) is 24.0 Å². The van der Waals surface area contributed by atoms with Crippen LogP contribution in [0.15, 0.2) is 11.4 Å². The smallest absolute Gasteiger partial charge is 0.262 e. The van der Waals surface area contributed by atoms with E-state index in [-0.39, 0.29) is 6.61 Å².